The second kappa shape index (κ2) is 5.97. The van der Waals surface area contributed by atoms with Crippen LogP contribution in [-0.2, 0) is 11.2 Å². The first-order valence-corrected chi connectivity index (χ1v) is 6.66. The lowest BCUT2D eigenvalue weighted by Crippen LogP contribution is -1.96. The summed E-state index contributed by atoms with van der Waals surface area (Å²) >= 11 is 3.46. The molecule has 1 heterocycles. The third kappa shape index (κ3) is 3.64. The minimum absolute atomic E-state index is 0.105. The highest BCUT2D eigenvalue weighted by Crippen LogP contribution is 2.23. The Hall–Kier alpha value is -1.69. The number of aliphatic carboxylic acids is 1. The standard InChI is InChI=1S/C13H13BrN2O3/c1-8-5-6-9(7-10(8)14)13-15-11(19-16-13)3-2-4-12(17)18/h5-7H,2-4H2,1H3,(H,17,18). The average Bonchev–Trinajstić information content (AvgIpc) is 2.81. The van der Waals surface area contributed by atoms with E-state index in [2.05, 4.69) is 26.1 Å². The van der Waals surface area contributed by atoms with Crippen LogP contribution in [0.3, 0.4) is 0 Å². The van der Waals surface area contributed by atoms with Crippen LogP contribution >= 0.6 is 15.9 Å². The summed E-state index contributed by atoms with van der Waals surface area (Å²) in [4.78, 5) is 14.7. The van der Waals surface area contributed by atoms with Crippen LogP contribution in [0.25, 0.3) is 11.4 Å². The van der Waals surface area contributed by atoms with Crippen LogP contribution in [0.1, 0.15) is 24.3 Å². The molecule has 1 aromatic heterocycles. The van der Waals surface area contributed by atoms with E-state index in [4.69, 9.17) is 9.63 Å². The predicted molar refractivity (Wildman–Crippen MR) is 72.7 cm³/mol. The molecule has 0 fully saturated rings. The average molecular weight is 325 g/mol. The third-order valence-electron chi connectivity index (χ3n) is 2.68. The topological polar surface area (TPSA) is 76.2 Å². The molecule has 0 saturated carbocycles. The van der Waals surface area contributed by atoms with Crippen molar-refractivity contribution in [3.8, 4) is 11.4 Å². The number of aromatic nitrogens is 2. The van der Waals surface area contributed by atoms with E-state index in [1.807, 2.05) is 25.1 Å². The molecule has 1 aromatic carbocycles. The highest BCUT2D eigenvalue weighted by Gasteiger charge is 2.10. The fourth-order valence-electron chi connectivity index (χ4n) is 1.60. The number of nitrogens with zero attached hydrogens (tertiary/aromatic N) is 2. The first-order chi connectivity index (χ1) is 9.06. The zero-order valence-electron chi connectivity index (χ0n) is 10.4. The van der Waals surface area contributed by atoms with E-state index in [0.717, 1.165) is 15.6 Å². The first kappa shape index (κ1) is 13.7. The molecule has 0 amide bonds. The van der Waals surface area contributed by atoms with Crippen LogP contribution in [0.15, 0.2) is 27.2 Å². The van der Waals surface area contributed by atoms with E-state index in [9.17, 15) is 4.79 Å². The fraction of sp³-hybridized carbons (Fsp3) is 0.308. The molecule has 0 radical (unpaired) electrons. The lowest BCUT2D eigenvalue weighted by Gasteiger charge is -1.99. The molecule has 0 atom stereocenters. The molecule has 0 saturated heterocycles. The van der Waals surface area contributed by atoms with E-state index in [-0.39, 0.29) is 6.42 Å². The monoisotopic (exact) mass is 324 g/mol. The molecule has 5 nitrogen and oxygen atoms in total. The molecular weight excluding hydrogens is 312 g/mol. The van der Waals surface area contributed by atoms with Crippen molar-refractivity contribution in [2.24, 2.45) is 0 Å². The molecule has 0 aliphatic carbocycles. The molecule has 0 bridgehead atoms. The van der Waals surface area contributed by atoms with Gasteiger partial charge in [-0.15, -0.1) is 0 Å². The van der Waals surface area contributed by atoms with Gasteiger partial charge in [0, 0.05) is 22.9 Å². The Morgan fingerprint density at radius 3 is 2.95 bits per heavy atom. The minimum Gasteiger partial charge on any atom is -0.481 e. The van der Waals surface area contributed by atoms with Crippen LogP contribution in [0.4, 0.5) is 0 Å². The van der Waals surface area contributed by atoms with E-state index in [0.29, 0.717) is 24.6 Å². The fourth-order valence-corrected chi connectivity index (χ4v) is 1.98. The zero-order valence-corrected chi connectivity index (χ0v) is 12.0. The molecule has 2 rings (SSSR count). The molecule has 2 aromatic rings. The minimum atomic E-state index is -0.817. The Balaban J connectivity index is 2.07. The SMILES string of the molecule is Cc1ccc(-c2noc(CCCC(=O)O)n2)cc1Br. The predicted octanol–water partition coefficient (Wildman–Crippen LogP) is 3.21. The van der Waals surface area contributed by atoms with Crippen molar-refractivity contribution in [3.63, 3.8) is 0 Å². The van der Waals surface area contributed by atoms with Crippen molar-refractivity contribution in [2.45, 2.75) is 26.2 Å². The van der Waals surface area contributed by atoms with E-state index >= 15 is 0 Å². The summed E-state index contributed by atoms with van der Waals surface area (Å²) in [5.41, 5.74) is 2.00. The van der Waals surface area contributed by atoms with Crippen molar-refractivity contribution in [2.75, 3.05) is 0 Å². The Morgan fingerprint density at radius 2 is 2.26 bits per heavy atom. The second-order valence-corrected chi connectivity index (χ2v) is 5.08. The number of hydrogen-bond donors (Lipinski definition) is 1. The van der Waals surface area contributed by atoms with E-state index in [1.165, 1.54) is 0 Å². The molecule has 1 N–H and O–H groups in total. The lowest BCUT2D eigenvalue weighted by atomic mass is 10.1. The Bertz CT molecular complexity index is 595. The van der Waals surface area contributed by atoms with Crippen LogP contribution in [0, 0.1) is 6.92 Å². The largest absolute Gasteiger partial charge is 0.481 e. The van der Waals surface area contributed by atoms with Crippen LogP contribution in [0.5, 0.6) is 0 Å². The molecular formula is C13H13BrN2O3. The number of aryl methyl sites for hydroxylation is 2. The summed E-state index contributed by atoms with van der Waals surface area (Å²) in [6, 6.07) is 5.83. The maximum atomic E-state index is 10.4. The summed E-state index contributed by atoms with van der Waals surface area (Å²) in [5, 5.41) is 12.5. The normalized spacial score (nSPS) is 10.6. The maximum Gasteiger partial charge on any atom is 0.303 e. The number of carbonyl (C=O) groups is 1. The second-order valence-electron chi connectivity index (χ2n) is 4.22. The summed E-state index contributed by atoms with van der Waals surface area (Å²) in [6.45, 7) is 2.00. The Morgan fingerprint density at radius 1 is 1.47 bits per heavy atom. The van der Waals surface area contributed by atoms with Gasteiger partial charge < -0.3 is 9.63 Å². The molecule has 0 spiro atoms. The van der Waals surface area contributed by atoms with Gasteiger partial charge in [-0.3, -0.25) is 4.79 Å². The smallest absolute Gasteiger partial charge is 0.303 e. The molecule has 19 heavy (non-hydrogen) atoms. The van der Waals surface area contributed by atoms with Crippen molar-refractivity contribution < 1.29 is 14.4 Å². The summed E-state index contributed by atoms with van der Waals surface area (Å²) < 4.78 is 6.09. The van der Waals surface area contributed by atoms with Crippen LogP contribution in [-0.4, -0.2) is 21.2 Å². The zero-order chi connectivity index (χ0) is 13.8. The third-order valence-corrected chi connectivity index (χ3v) is 3.53. The number of benzene rings is 1. The molecule has 6 heteroatoms. The van der Waals surface area contributed by atoms with E-state index in [1.54, 1.807) is 0 Å². The van der Waals surface area contributed by atoms with Gasteiger partial charge in [-0.1, -0.05) is 33.2 Å². The summed E-state index contributed by atoms with van der Waals surface area (Å²) in [5.74, 6) is 0.168. The Kier molecular flexibility index (Phi) is 4.31. The Labute approximate surface area is 118 Å². The molecule has 0 unspecified atom stereocenters. The number of hydrogen-bond acceptors (Lipinski definition) is 4. The van der Waals surface area contributed by atoms with Gasteiger partial charge in [0.15, 0.2) is 0 Å². The van der Waals surface area contributed by atoms with Gasteiger partial charge in [-0.05, 0) is 25.0 Å². The first-order valence-electron chi connectivity index (χ1n) is 5.87. The van der Waals surface area contributed by atoms with Crippen molar-refractivity contribution >= 4 is 21.9 Å². The van der Waals surface area contributed by atoms with Gasteiger partial charge >= 0.3 is 5.97 Å². The van der Waals surface area contributed by atoms with Gasteiger partial charge in [0.1, 0.15) is 0 Å². The lowest BCUT2D eigenvalue weighted by molar-refractivity contribution is -0.137. The highest BCUT2D eigenvalue weighted by atomic mass is 79.9. The van der Waals surface area contributed by atoms with Gasteiger partial charge in [-0.25, -0.2) is 0 Å². The van der Waals surface area contributed by atoms with Crippen LogP contribution < -0.4 is 0 Å². The van der Waals surface area contributed by atoms with Gasteiger partial charge in [0.2, 0.25) is 11.7 Å². The van der Waals surface area contributed by atoms with Gasteiger partial charge in [0.05, 0.1) is 0 Å². The number of carboxylic acids is 1. The maximum absolute atomic E-state index is 10.4. The van der Waals surface area contributed by atoms with Crippen molar-refractivity contribution in [3.05, 3.63) is 34.1 Å². The number of carboxylic acid groups (broad SMARTS) is 1. The number of halogens is 1. The quantitative estimate of drug-likeness (QED) is 0.913. The van der Waals surface area contributed by atoms with Crippen molar-refractivity contribution in [1.29, 1.82) is 0 Å². The van der Waals surface area contributed by atoms with Gasteiger partial charge in [-0.2, -0.15) is 4.98 Å². The molecule has 0 aliphatic heterocycles. The van der Waals surface area contributed by atoms with Crippen LogP contribution in [0.2, 0.25) is 0 Å². The molecule has 0 aliphatic rings. The van der Waals surface area contributed by atoms with E-state index < -0.39 is 5.97 Å². The highest BCUT2D eigenvalue weighted by molar-refractivity contribution is 9.10. The number of rotatable bonds is 5. The molecule has 100 valence electrons. The van der Waals surface area contributed by atoms with Crippen molar-refractivity contribution in [1.82, 2.24) is 10.1 Å². The van der Waals surface area contributed by atoms with Gasteiger partial charge in [0.25, 0.3) is 0 Å². The summed E-state index contributed by atoms with van der Waals surface area (Å²) in [6.07, 6.45) is 1.08. The summed E-state index contributed by atoms with van der Waals surface area (Å²) in [7, 11) is 0.